The van der Waals surface area contributed by atoms with Crippen LogP contribution in [0.4, 0.5) is 4.79 Å². The molecule has 0 heterocycles. The number of rotatable bonds is 6. The predicted molar refractivity (Wildman–Crippen MR) is 90.0 cm³/mol. The highest BCUT2D eigenvalue weighted by molar-refractivity contribution is 5.76. The molecule has 0 aliphatic carbocycles. The van der Waals surface area contributed by atoms with Gasteiger partial charge in [0, 0.05) is 19.3 Å². The van der Waals surface area contributed by atoms with E-state index in [9.17, 15) is 4.79 Å². The maximum absolute atomic E-state index is 12.3. The van der Waals surface area contributed by atoms with E-state index in [1.165, 1.54) is 5.56 Å². The molecule has 0 bridgehead atoms. The Hall–Kier alpha value is -1.77. The molecule has 0 unspecified atom stereocenters. The highest BCUT2D eigenvalue weighted by Gasteiger charge is 2.14. The van der Waals surface area contributed by atoms with E-state index in [1.807, 2.05) is 29.2 Å². The zero-order valence-electron chi connectivity index (χ0n) is 13.9. The fourth-order valence-corrected chi connectivity index (χ4v) is 2.19. The molecule has 0 aliphatic heterocycles. The molecule has 0 spiro atoms. The van der Waals surface area contributed by atoms with Crippen molar-refractivity contribution in [2.24, 2.45) is 11.8 Å². The Morgan fingerprint density at radius 1 is 1.14 bits per heavy atom. The summed E-state index contributed by atoms with van der Waals surface area (Å²) in [5, 5.41) is 2.88. The van der Waals surface area contributed by atoms with Gasteiger partial charge in [0.25, 0.3) is 0 Å². The van der Waals surface area contributed by atoms with Crippen LogP contribution in [0.1, 0.15) is 38.8 Å². The van der Waals surface area contributed by atoms with Crippen LogP contribution in [-0.2, 0) is 0 Å². The van der Waals surface area contributed by atoms with Gasteiger partial charge in [-0.25, -0.2) is 4.79 Å². The van der Waals surface area contributed by atoms with Crippen molar-refractivity contribution in [3.63, 3.8) is 0 Å². The third-order valence-electron chi connectivity index (χ3n) is 3.12. The predicted octanol–water partition coefficient (Wildman–Crippen LogP) is 4.29. The summed E-state index contributed by atoms with van der Waals surface area (Å²) in [6, 6.07) is 8.09. The van der Waals surface area contributed by atoms with Crippen molar-refractivity contribution in [1.82, 2.24) is 10.2 Å². The van der Waals surface area contributed by atoms with E-state index in [2.05, 4.69) is 46.0 Å². The maximum atomic E-state index is 12.3. The van der Waals surface area contributed by atoms with Gasteiger partial charge in [-0.15, -0.1) is 0 Å². The molecule has 0 saturated heterocycles. The summed E-state index contributed by atoms with van der Waals surface area (Å²) in [6.07, 6.45) is 3.68. The van der Waals surface area contributed by atoms with Gasteiger partial charge in [0.1, 0.15) is 0 Å². The quantitative estimate of drug-likeness (QED) is 0.832. The van der Waals surface area contributed by atoms with Gasteiger partial charge >= 0.3 is 6.03 Å². The average molecular weight is 288 g/mol. The molecule has 116 valence electrons. The zero-order chi connectivity index (χ0) is 15.8. The molecule has 0 fully saturated rings. The largest absolute Gasteiger partial charge is 0.324 e. The molecular formula is C18H28N2O. The van der Waals surface area contributed by atoms with Crippen molar-refractivity contribution in [2.75, 3.05) is 13.1 Å². The summed E-state index contributed by atoms with van der Waals surface area (Å²) in [5.41, 5.74) is 2.32. The Bertz CT molecular complexity index is 468. The minimum Gasteiger partial charge on any atom is -0.324 e. The summed E-state index contributed by atoms with van der Waals surface area (Å²) in [4.78, 5) is 14.1. The SMILES string of the molecule is Cc1ccccc1/C=C/NC(=O)N(CC(C)C)CC(C)C. The Labute approximate surface area is 129 Å². The van der Waals surface area contributed by atoms with Gasteiger partial charge in [0.05, 0.1) is 0 Å². The Balaban J connectivity index is 2.62. The number of amides is 2. The fraction of sp³-hybridized carbons (Fsp3) is 0.500. The van der Waals surface area contributed by atoms with E-state index in [4.69, 9.17) is 0 Å². The molecule has 1 N–H and O–H groups in total. The molecule has 0 atom stereocenters. The van der Waals surface area contributed by atoms with Crippen LogP contribution in [-0.4, -0.2) is 24.0 Å². The summed E-state index contributed by atoms with van der Waals surface area (Å²) >= 11 is 0. The average Bonchev–Trinajstić information content (AvgIpc) is 2.39. The maximum Gasteiger partial charge on any atom is 0.321 e. The second-order valence-corrected chi connectivity index (χ2v) is 6.33. The summed E-state index contributed by atoms with van der Waals surface area (Å²) < 4.78 is 0. The summed E-state index contributed by atoms with van der Waals surface area (Å²) in [5.74, 6) is 0.935. The van der Waals surface area contributed by atoms with Gasteiger partial charge in [-0.1, -0.05) is 52.0 Å². The first-order valence-electron chi connectivity index (χ1n) is 7.67. The number of carbonyl (C=O) groups excluding carboxylic acids is 1. The molecule has 0 radical (unpaired) electrons. The van der Waals surface area contributed by atoms with Gasteiger partial charge in [0.15, 0.2) is 0 Å². The number of aryl methyl sites for hydroxylation is 1. The normalized spacial score (nSPS) is 11.4. The van der Waals surface area contributed by atoms with Crippen LogP contribution in [0.15, 0.2) is 30.5 Å². The highest BCUT2D eigenvalue weighted by Crippen LogP contribution is 2.08. The number of benzene rings is 1. The molecule has 0 aromatic heterocycles. The van der Waals surface area contributed by atoms with Gasteiger partial charge in [0.2, 0.25) is 0 Å². The monoisotopic (exact) mass is 288 g/mol. The molecule has 21 heavy (non-hydrogen) atoms. The third kappa shape index (κ3) is 6.48. The van der Waals surface area contributed by atoms with Crippen molar-refractivity contribution in [2.45, 2.75) is 34.6 Å². The van der Waals surface area contributed by atoms with Gasteiger partial charge in [-0.3, -0.25) is 0 Å². The number of carbonyl (C=O) groups is 1. The van der Waals surface area contributed by atoms with E-state index < -0.39 is 0 Å². The minimum absolute atomic E-state index is 0.0257. The second-order valence-electron chi connectivity index (χ2n) is 6.33. The first kappa shape index (κ1) is 17.3. The first-order chi connectivity index (χ1) is 9.90. The van der Waals surface area contributed by atoms with Crippen LogP contribution < -0.4 is 5.32 Å². The number of nitrogens with zero attached hydrogens (tertiary/aromatic N) is 1. The summed E-state index contributed by atoms with van der Waals surface area (Å²) in [7, 11) is 0. The molecule has 3 nitrogen and oxygen atoms in total. The van der Waals surface area contributed by atoms with Gasteiger partial charge in [-0.2, -0.15) is 0 Å². The topological polar surface area (TPSA) is 32.3 Å². The van der Waals surface area contributed by atoms with Crippen LogP contribution in [0.25, 0.3) is 6.08 Å². The Morgan fingerprint density at radius 3 is 2.24 bits per heavy atom. The fourth-order valence-electron chi connectivity index (χ4n) is 2.19. The molecule has 2 amide bonds. The van der Waals surface area contributed by atoms with E-state index in [1.54, 1.807) is 6.20 Å². The van der Waals surface area contributed by atoms with Gasteiger partial charge in [-0.05, 0) is 36.0 Å². The Morgan fingerprint density at radius 2 is 1.71 bits per heavy atom. The van der Waals surface area contributed by atoms with Crippen LogP contribution in [0, 0.1) is 18.8 Å². The molecule has 0 aliphatic rings. The van der Waals surface area contributed by atoms with Crippen molar-refractivity contribution < 1.29 is 4.79 Å². The lowest BCUT2D eigenvalue weighted by Gasteiger charge is -2.25. The number of hydrogen-bond acceptors (Lipinski definition) is 1. The molecule has 1 rings (SSSR count). The van der Waals surface area contributed by atoms with Gasteiger partial charge < -0.3 is 10.2 Å². The molecule has 1 aromatic carbocycles. The highest BCUT2D eigenvalue weighted by atomic mass is 16.2. The first-order valence-corrected chi connectivity index (χ1v) is 7.67. The smallest absolute Gasteiger partial charge is 0.321 e. The summed E-state index contributed by atoms with van der Waals surface area (Å²) in [6.45, 7) is 12.1. The number of urea groups is 1. The van der Waals surface area contributed by atoms with E-state index in [0.29, 0.717) is 11.8 Å². The standard InChI is InChI=1S/C18H28N2O/c1-14(2)12-20(13-15(3)4)18(21)19-11-10-17-9-7-6-8-16(17)5/h6-11,14-15H,12-13H2,1-5H3,(H,19,21)/b11-10+. The zero-order valence-corrected chi connectivity index (χ0v) is 13.9. The van der Waals surface area contributed by atoms with Crippen LogP contribution in [0.5, 0.6) is 0 Å². The van der Waals surface area contributed by atoms with Crippen molar-refractivity contribution in [1.29, 1.82) is 0 Å². The van der Waals surface area contributed by atoms with E-state index in [-0.39, 0.29) is 6.03 Å². The molecule has 3 heteroatoms. The van der Waals surface area contributed by atoms with Crippen molar-refractivity contribution in [3.05, 3.63) is 41.6 Å². The van der Waals surface area contributed by atoms with Crippen LogP contribution >= 0.6 is 0 Å². The third-order valence-corrected chi connectivity index (χ3v) is 3.12. The van der Waals surface area contributed by atoms with Crippen molar-refractivity contribution in [3.8, 4) is 0 Å². The number of nitrogens with one attached hydrogen (secondary N) is 1. The minimum atomic E-state index is -0.0257. The Kier molecular flexibility index (Phi) is 7.00. The number of hydrogen-bond donors (Lipinski definition) is 1. The second kappa shape index (κ2) is 8.50. The van der Waals surface area contributed by atoms with Crippen molar-refractivity contribution >= 4 is 12.1 Å². The van der Waals surface area contributed by atoms with Crippen LogP contribution in [0.3, 0.4) is 0 Å². The molecule has 0 saturated carbocycles. The molecular weight excluding hydrogens is 260 g/mol. The lowest BCUT2D eigenvalue weighted by atomic mass is 10.1. The van der Waals surface area contributed by atoms with Crippen LogP contribution in [0.2, 0.25) is 0 Å². The molecule has 1 aromatic rings. The van der Waals surface area contributed by atoms with E-state index in [0.717, 1.165) is 18.7 Å². The lowest BCUT2D eigenvalue weighted by molar-refractivity contribution is 0.187. The lowest BCUT2D eigenvalue weighted by Crippen LogP contribution is -2.41. The van der Waals surface area contributed by atoms with E-state index >= 15 is 0 Å².